The standard InChI is InChI=1S/C9H17N5O2S2/c1-3-7(9(10)17)18(15,16)12-5-4-8-13-11-6-14(8)2/h6-7,12H,3-5H2,1-2H3,(H2,10,17). The topological polar surface area (TPSA) is 103 Å². The van der Waals surface area contributed by atoms with E-state index in [1.54, 1.807) is 24.9 Å². The Balaban J connectivity index is 2.57. The smallest absolute Gasteiger partial charge is 0.221 e. The lowest BCUT2D eigenvalue weighted by Crippen LogP contribution is -2.42. The van der Waals surface area contributed by atoms with Crippen molar-refractivity contribution in [1.29, 1.82) is 0 Å². The summed E-state index contributed by atoms with van der Waals surface area (Å²) in [5, 5.41) is 6.75. The minimum Gasteiger partial charge on any atom is -0.392 e. The molecule has 0 spiro atoms. The van der Waals surface area contributed by atoms with Crippen LogP contribution in [-0.2, 0) is 23.5 Å². The van der Waals surface area contributed by atoms with Gasteiger partial charge >= 0.3 is 0 Å². The van der Waals surface area contributed by atoms with Crippen molar-refractivity contribution in [3.05, 3.63) is 12.2 Å². The molecule has 1 rings (SSSR count). The maximum atomic E-state index is 11.9. The number of rotatable bonds is 7. The summed E-state index contributed by atoms with van der Waals surface area (Å²) in [6, 6.07) is 0. The van der Waals surface area contributed by atoms with Crippen LogP contribution in [0.1, 0.15) is 19.2 Å². The Labute approximate surface area is 112 Å². The molecule has 0 aromatic carbocycles. The van der Waals surface area contributed by atoms with Gasteiger partial charge in [-0.2, -0.15) is 0 Å². The van der Waals surface area contributed by atoms with Gasteiger partial charge in [0.1, 0.15) is 17.4 Å². The maximum absolute atomic E-state index is 11.9. The number of hydrogen-bond donors (Lipinski definition) is 2. The quantitative estimate of drug-likeness (QED) is 0.647. The fourth-order valence-electron chi connectivity index (χ4n) is 1.51. The normalized spacial score (nSPS) is 13.4. The summed E-state index contributed by atoms with van der Waals surface area (Å²) in [6.45, 7) is 1.97. The van der Waals surface area contributed by atoms with E-state index in [1.165, 1.54) is 0 Å². The van der Waals surface area contributed by atoms with Gasteiger partial charge in [0.2, 0.25) is 10.0 Å². The Morgan fingerprint density at radius 3 is 2.78 bits per heavy atom. The fraction of sp³-hybridized carbons (Fsp3) is 0.667. The summed E-state index contributed by atoms with van der Waals surface area (Å²) < 4.78 is 28.0. The van der Waals surface area contributed by atoms with Crippen LogP contribution in [0.25, 0.3) is 0 Å². The molecule has 1 heterocycles. The Kier molecular flexibility index (Phi) is 5.17. The van der Waals surface area contributed by atoms with Gasteiger partial charge in [-0.3, -0.25) is 0 Å². The number of nitrogens with zero attached hydrogens (tertiary/aromatic N) is 3. The van der Waals surface area contributed by atoms with Gasteiger partial charge in [-0.25, -0.2) is 13.1 Å². The van der Waals surface area contributed by atoms with Gasteiger partial charge in [-0.1, -0.05) is 19.1 Å². The Morgan fingerprint density at radius 2 is 2.33 bits per heavy atom. The molecule has 0 saturated carbocycles. The molecule has 18 heavy (non-hydrogen) atoms. The largest absolute Gasteiger partial charge is 0.392 e. The molecule has 1 atom stereocenters. The molecule has 1 aromatic rings. The lowest BCUT2D eigenvalue weighted by molar-refractivity contribution is 0.573. The van der Waals surface area contributed by atoms with Crippen LogP contribution in [0.5, 0.6) is 0 Å². The van der Waals surface area contributed by atoms with E-state index in [4.69, 9.17) is 18.0 Å². The zero-order valence-corrected chi connectivity index (χ0v) is 12.0. The summed E-state index contributed by atoms with van der Waals surface area (Å²) in [7, 11) is -1.71. The van der Waals surface area contributed by atoms with Crippen molar-refractivity contribution in [2.45, 2.75) is 25.0 Å². The number of nitrogens with one attached hydrogen (secondary N) is 1. The molecule has 0 aliphatic carbocycles. The maximum Gasteiger partial charge on any atom is 0.221 e. The van der Waals surface area contributed by atoms with Crippen LogP contribution in [0, 0.1) is 0 Å². The van der Waals surface area contributed by atoms with Gasteiger partial charge in [0, 0.05) is 20.0 Å². The average molecular weight is 291 g/mol. The van der Waals surface area contributed by atoms with Crippen molar-refractivity contribution >= 4 is 27.2 Å². The number of thiocarbonyl (C=S) groups is 1. The monoisotopic (exact) mass is 291 g/mol. The van der Waals surface area contributed by atoms with Crippen molar-refractivity contribution < 1.29 is 8.42 Å². The third-order valence-electron chi connectivity index (χ3n) is 2.52. The Bertz CT molecular complexity index is 511. The molecular weight excluding hydrogens is 274 g/mol. The third-order valence-corrected chi connectivity index (χ3v) is 4.90. The van der Waals surface area contributed by atoms with Gasteiger partial charge < -0.3 is 10.3 Å². The van der Waals surface area contributed by atoms with E-state index < -0.39 is 15.3 Å². The van der Waals surface area contributed by atoms with Crippen molar-refractivity contribution in [2.24, 2.45) is 12.8 Å². The van der Waals surface area contributed by atoms with Crippen molar-refractivity contribution in [1.82, 2.24) is 19.5 Å². The second-order valence-corrected chi connectivity index (χ2v) is 6.27. The lowest BCUT2D eigenvalue weighted by atomic mass is 10.3. The van der Waals surface area contributed by atoms with Crippen LogP contribution in [0.15, 0.2) is 6.33 Å². The fourth-order valence-corrected chi connectivity index (χ4v) is 3.39. The van der Waals surface area contributed by atoms with Crippen molar-refractivity contribution in [2.75, 3.05) is 6.54 Å². The number of aromatic nitrogens is 3. The van der Waals surface area contributed by atoms with Crippen LogP contribution in [0.4, 0.5) is 0 Å². The van der Waals surface area contributed by atoms with Crippen LogP contribution >= 0.6 is 12.2 Å². The number of hydrogen-bond acceptors (Lipinski definition) is 5. The molecule has 0 bridgehead atoms. The molecule has 9 heteroatoms. The average Bonchev–Trinajstić information content (AvgIpc) is 2.64. The summed E-state index contributed by atoms with van der Waals surface area (Å²) >= 11 is 4.75. The van der Waals surface area contributed by atoms with E-state index in [-0.39, 0.29) is 11.5 Å². The molecule has 102 valence electrons. The predicted octanol–water partition coefficient (Wildman–Crippen LogP) is -0.658. The Hall–Kier alpha value is -1.06. The van der Waals surface area contributed by atoms with E-state index in [0.29, 0.717) is 18.7 Å². The second kappa shape index (κ2) is 6.21. The molecule has 0 aliphatic heterocycles. The first-order valence-electron chi connectivity index (χ1n) is 5.49. The highest BCUT2D eigenvalue weighted by Crippen LogP contribution is 2.04. The van der Waals surface area contributed by atoms with E-state index in [0.717, 1.165) is 0 Å². The highest BCUT2D eigenvalue weighted by Gasteiger charge is 2.25. The predicted molar refractivity (Wildman–Crippen MR) is 72.5 cm³/mol. The summed E-state index contributed by atoms with van der Waals surface area (Å²) in [5.41, 5.74) is 5.41. The molecule has 0 aliphatic rings. The van der Waals surface area contributed by atoms with Gasteiger partial charge in [0.15, 0.2) is 0 Å². The van der Waals surface area contributed by atoms with Gasteiger partial charge in [0.25, 0.3) is 0 Å². The molecule has 1 unspecified atom stereocenters. The molecule has 7 nitrogen and oxygen atoms in total. The van der Waals surface area contributed by atoms with E-state index >= 15 is 0 Å². The van der Waals surface area contributed by atoms with Gasteiger partial charge in [-0.05, 0) is 6.42 Å². The molecule has 3 N–H and O–H groups in total. The number of sulfonamides is 1. The molecule has 0 amide bonds. The van der Waals surface area contributed by atoms with E-state index in [1.807, 2.05) is 0 Å². The zero-order valence-electron chi connectivity index (χ0n) is 10.3. The minimum atomic E-state index is -3.51. The highest BCUT2D eigenvalue weighted by atomic mass is 32.2. The van der Waals surface area contributed by atoms with Crippen LogP contribution in [-0.4, -0.2) is 40.0 Å². The second-order valence-electron chi connectivity index (χ2n) is 3.85. The summed E-state index contributed by atoms with van der Waals surface area (Å²) in [5.74, 6) is 0.709. The van der Waals surface area contributed by atoms with E-state index in [2.05, 4.69) is 14.9 Å². The SMILES string of the molecule is CCC(C(N)=S)S(=O)(=O)NCCc1nncn1C. The van der Waals surface area contributed by atoms with Gasteiger partial charge in [0.05, 0.1) is 4.99 Å². The zero-order chi connectivity index (χ0) is 13.8. The van der Waals surface area contributed by atoms with Crippen LogP contribution in [0.3, 0.4) is 0 Å². The molecule has 0 fully saturated rings. The minimum absolute atomic E-state index is 0.0105. The summed E-state index contributed by atoms with van der Waals surface area (Å²) in [6.07, 6.45) is 2.38. The third kappa shape index (κ3) is 3.72. The van der Waals surface area contributed by atoms with E-state index in [9.17, 15) is 8.42 Å². The highest BCUT2D eigenvalue weighted by molar-refractivity contribution is 7.93. The first kappa shape index (κ1) is 15.0. The molecule has 0 saturated heterocycles. The van der Waals surface area contributed by atoms with Crippen molar-refractivity contribution in [3.63, 3.8) is 0 Å². The molecule has 0 radical (unpaired) electrons. The number of aryl methyl sites for hydroxylation is 1. The molecular formula is C9H17N5O2S2. The first-order valence-corrected chi connectivity index (χ1v) is 7.44. The Morgan fingerprint density at radius 1 is 1.67 bits per heavy atom. The van der Waals surface area contributed by atoms with Crippen molar-refractivity contribution in [3.8, 4) is 0 Å². The first-order chi connectivity index (χ1) is 8.38. The number of nitrogens with two attached hydrogens (primary N) is 1. The van der Waals surface area contributed by atoms with Crippen LogP contribution in [0.2, 0.25) is 0 Å². The van der Waals surface area contributed by atoms with Gasteiger partial charge in [-0.15, -0.1) is 10.2 Å². The summed E-state index contributed by atoms with van der Waals surface area (Å²) in [4.78, 5) is -0.0105. The van der Waals surface area contributed by atoms with Crippen LogP contribution < -0.4 is 10.5 Å². The molecule has 1 aromatic heterocycles. The lowest BCUT2D eigenvalue weighted by Gasteiger charge is -2.14.